The normalized spacial score (nSPS) is 12.6. The number of nitrogens with one attached hydrogen (secondary N) is 1. The molecule has 0 spiro atoms. The standard InChI is InChI=1S/C35H37Cl2N3O4S/c1-4-26(3)38-35(42)33(22-27-14-7-5-8-15-27)39(23-30-31(36)19-12-20-32(30)37)34(41)24-40(28-16-11-13-25(2)21-28)45(43,44)29-17-9-6-10-18-29/h5-21,26,33H,4,22-24H2,1-3H3,(H,38,42). The lowest BCUT2D eigenvalue weighted by Gasteiger charge is -2.34. The number of rotatable bonds is 13. The first-order chi connectivity index (χ1) is 21.5. The zero-order valence-corrected chi connectivity index (χ0v) is 27.8. The number of halogens is 2. The van der Waals surface area contributed by atoms with Crippen LogP contribution in [0.25, 0.3) is 0 Å². The number of anilines is 1. The van der Waals surface area contributed by atoms with Gasteiger partial charge in [-0.2, -0.15) is 0 Å². The molecule has 0 saturated carbocycles. The third-order valence-electron chi connectivity index (χ3n) is 7.56. The number of amides is 2. The first-order valence-corrected chi connectivity index (χ1v) is 16.9. The van der Waals surface area contributed by atoms with E-state index in [0.29, 0.717) is 27.7 Å². The summed E-state index contributed by atoms with van der Waals surface area (Å²) < 4.78 is 29.3. The van der Waals surface area contributed by atoms with E-state index in [2.05, 4.69) is 5.32 Å². The van der Waals surface area contributed by atoms with Crippen LogP contribution in [-0.4, -0.2) is 43.8 Å². The lowest BCUT2D eigenvalue weighted by Crippen LogP contribution is -2.54. The summed E-state index contributed by atoms with van der Waals surface area (Å²) in [6.45, 7) is 5.01. The molecule has 0 aliphatic heterocycles. The quantitative estimate of drug-likeness (QED) is 0.166. The van der Waals surface area contributed by atoms with Crippen LogP contribution >= 0.6 is 23.2 Å². The second-order valence-electron chi connectivity index (χ2n) is 10.9. The van der Waals surface area contributed by atoms with Gasteiger partial charge in [0, 0.05) is 34.6 Å². The monoisotopic (exact) mass is 665 g/mol. The zero-order valence-electron chi connectivity index (χ0n) is 25.5. The second-order valence-corrected chi connectivity index (χ2v) is 13.6. The van der Waals surface area contributed by atoms with Gasteiger partial charge < -0.3 is 10.2 Å². The van der Waals surface area contributed by atoms with Crippen LogP contribution in [0.4, 0.5) is 5.69 Å². The van der Waals surface area contributed by atoms with E-state index in [4.69, 9.17) is 23.2 Å². The molecule has 2 amide bonds. The van der Waals surface area contributed by atoms with E-state index in [9.17, 15) is 18.0 Å². The van der Waals surface area contributed by atoms with Crippen molar-refractivity contribution in [2.45, 2.75) is 57.1 Å². The van der Waals surface area contributed by atoms with Crippen LogP contribution in [0.3, 0.4) is 0 Å². The minimum Gasteiger partial charge on any atom is -0.352 e. The number of aryl methyl sites for hydroxylation is 1. The minimum atomic E-state index is -4.18. The largest absolute Gasteiger partial charge is 0.352 e. The van der Waals surface area contributed by atoms with Crippen molar-refractivity contribution in [3.05, 3.63) is 130 Å². The van der Waals surface area contributed by atoms with Gasteiger partial charge in [0.05, 0.1) is 10.6 Å². The Morgan fingerprint density at radius 3 is 2.04 bits per heavy atom. The Balaban J connectivity index is 1.84. The van der Waals surface area contributed by atoms with Gasteiger partial charge in [0.25, 0.3) is 10.0 Å². The number of carbonyl (C=O) groups excluding carboxylic acids is 2. The van der Waals surface area contributed by atoms with E-state index in [-0.39, 0.29) is 29.8 Å². The van der Waals surface area contributed by atoms with Gasteiger partial charge in [-0.25, -0.2) is 8.42 Å². The van der Waals surface area contributed by atoms with E-state index in [1.54, 1.807) is 54.6 Å². The maximum Gasteiger partial charge on any atom is 0.264 e. The molecule has 4 rings (SSSR count). The predicted octanol–water partition coefficient (Wildman–Crippen LogP) is 7.05. The molecule has 0 radical (unpaired) electrons. The summed E-state index contributed by atoms with van der Waals surface area (Å²) in [5, 5.41) is 3.67. The molecule has 2 atom stereocenters. The summed E-state index contributed by atoms with van der Waals surface area (Å²) in [5.74, 6) is -0.954. The highest BCUT2D eigenvalue weighted by Crippen LogP contribution is 2.29. The Morgan fingerprint density at radius 2 is 1.44 bits per heavy atom. The first-order valence-electron chi connectivity index (χ1n) is 14.7. The second kappa shape index (κ2) is 15.4. The highest BCUT2D eigenvalue weighted by molar-refractivity contribution is 7.92. The number of sulfonamides is 1. The van der Waals surface area contributed by atoms with Crippen molar-refractivity contribution in [3.63, 3.8) is 0 Å². The minimum absolute atomic E-state index is 0.0374. The van der Waals surface area contributed by atoms with E-state index in [1.165, 1.54) is 17.0 Å². The molecule has 4 aromatic carbocycles. The smallest absolute Gasteiger partial charge is 0.264 e. The highest BCUT2D eigenvalue weighted by Gasteiger charge is 2.35. The van der Waals surface area contributed by atoms with Crippen LogP contribution < -0.4 is 9.62 Å². The summed E-state index contributed by atoms with van der Waals surface area (Å²) in [6, 6.07) is 28.1. The molecule has 0 saturated heterocycles. The van der Waals surface area contributed by atoms with Crippen LogP contribution in [0.1, 0.15) is 37.0 Å². The first kappa shape index (κ1) is 34.0. The van der Waals surface area contributed by atoms with Crippen LogP contribution in [0.15, 0.2) is 108 Å². The molecule has 4 aromatic rings. The Morgan fingerprint density at radius 1 is 0.844 bits per heavy atom. The SMILES string of the molecule is CCC(C)NC(=O)C(Cc1ccccc1)N(Cc1c(Cl)cccc1Cl)C(=O)CN(c1cccc(C)c1)S(=O)(=O)c1ccccc1. The molecule has 0 aliphatic carbocycles. The van der Waals surface area contributed by atoms with Crippen molar-refractivity contribution in [1.82, 2.24) is 10.2 Å². The fourth-order valence-electron chi connectivity index (χ4n) is 4.88. The molecule has 0 heterocycles. The van der Waals surface area contributed by atoms with E-state index >= 15 is 0 Å². The average Bonchev–Trinajstić information content (AvgIpc) is 3.03. The average molecular weight is 667 g/mol. The van der Waals surface area contributed by atoms with Gasteiger partial charge in [-0.15, -0.1) is 0 Å². The van der Waals surface area contributed by atoms with Gasteiger partial charge in [-0.05, 0) is 67.8 Å². The van der Waals surface area contributed by atoms with Crippen LogP contribution in [0, 0.1) is 6.92 Å². The van der Waals surface area contributed by atoms with Crippen molar-refractivity contribution in [1.29, 1.82) is 0 Å². The Bertz CT molecular complexity index is 1700. The summed E-state index contributed by atoms with van der Waals surface area (Å²) in [7, 11) is -4.18. The molecule has 0 bridgehead atoms. The Kier molecular flexibility index (Phi) is 11.7. The fourth-order valence-corrected chi connectivity index (χ4v) is 6.82. The van der Waals surface area contributed by atoms with Crippen molar-refractivity contribution in [2.24, 2.45) is 0 Å². The van der Waals surface area contributed by atoms with Gasteiger partial charge >= 0.3 is 0 Å². The predicted molar refractivity (Wildman–Crippen MR) is 181 cm³/mol. The summed E-state index contributed by atoms with van der Waals surface area (Å²) >= 11 is 13.1. The lowest BCUT2D eigenvalue weighted by atomic mass is 10.0. The highest BCUT2D eigenvalue weighted by atomic mass is 35.5. The molecule has 7 nitrogen and oxygen atoms in total. The summed E-state index contributed by atoms with van der Waals surface area (Å²) in [4.78, 5) is 29.9. The molecule has 0 aliphatic rings. The fraction of sp³-hybridized carbons (Fsp3) is 0.257. The van der Waals surface area contributed by atoms with Crippen molar-refractivity contribution < 1.29 is 18.0 Å². The molecular formula is C35H37Cl2N3O4S. The summed E-state index contributed by atoms with van der Waals surface area (Å²) in [5.41, 5.74) is 2.43. The molecule has 0 aromatic heterocycles. The van der Waals surface area contributed by atoms with E-state index < -0.39 is 28.5 Å². The molecule has 0 fully saturated rings. The number of carbonyl (C=O) groups is 2. The van der Waals surface area contributed by atoms with Gasteiger partial charge in [0.2, 0.25) is 11.8 Å². The summed E-state index contributed by atoms with van der Waals surface area (Å²) in [6.07, 6.45) is 0.872. The zero-order chi connectivity index (χ0) is 32.6. The topological polar surface area (TPSA) is 86.8 Å². The van der Waals surface area contributed by atoms with Crippen LogP contribution in [-0.2, 0) is 32.6 Å². The number of hydrogen-bond donors (Lipinski definition) is 1. The van der Waals surface area contributed by atoms with Crippen molar-refractivity contribution >= 4 is 50.7 Å². The lowest BCUT2D eigenvalue weighted by molar-refractivity contribution is -0.140. The van der Waals surface area contributed by atoms with Crippen LogP contribution in [0.2, 0.25) is 10.0 Å². The van der Waals surface area contributed by atoms with Crippen molar-refractivity contribution in [3.8, 4) is 0 Å². The number of nitrogens with zero attached hydrogens (tertiary/aromatic N) is 2. The van der Waals surface area contributed by atoms with Crippen molar-refractivity contribution in [2.75, 3.05) is 10.8 Å². The van der Waals surface area contributed by atoms with Crippen LogP contribution in [0.5, 0.6) is 0 Å². The molecule has 45 heavy (non-hydrogen) atoms. The van der Waals surface area contributed by atoms with Gasteiger partial charge in [-0.1, -0.05) is 96.9 Å². The number of hydrogen-bond acceptors (Lipinski definition) is 4. The third-order valence-corrected chi connectivity index (χ3v) is 10.1. The number of benzene rings is 4. The van der Waals surface area contributed by atoms with Gasteiger partial charge in [0.15, 0.2) is 0 Å². The van der Waals surface area contributed by atoms with E-state index in [1.807, 2.05) is 57.2 Å². The third kappa shape index (κ3) is 8.66. The molecule has 1 N–H and O–H groups in total. The van der Waals surface area contributed by atoms with Gasteiger partial charge in [0.1, 0.15) is 12.6 Å². The molecule has 236 valence electrons. The van der Waals surface area contributed by atoms with E-state index in [0.717, 1.165) is 15.4 Å². The molecule has 2 unspecified atom stereocenters. The van der Waals surface area contributed by atoms with Gasteiger partial charge in [-0.3, -0.25) is 13.9 Å². The molecular weight excluding hydrogens is 629 g/mol. The molecule has 10 heteroatoms. The Labute approximate surface area is 275 Å². The maximum absolute atomic E-state index is 14.6. The Hall–Kier alpha value is -3.85. The maximum atomic E-state index is 14.6.